The van der Waals surface area contributed by atoms with Gasteiger partial charge < -0.3 is 10.2 Å². The molecular weight excluding hydrogens is 216 g/mol. The zero-order valence-corrected chi connectivity index (χ0v) is 10.3. The number of amides is 1. The molecule has 0 bridgehead atoms. The van der Waals surface area contributed by atoms with Gasteiger partial charge in [-0.1, -0.05) is 0 Å². The SMILES string of the molecule is CCN(CC)c1cnc(C(=O)NC2CC2)cn1. The van der Waals surface area contributed by atoms with Gasteiger partial charge in [-0.15, -0.1) is 0 Å². The summed E-state index contributed by atoms with van der Waals surface area (Å²) in [5.74, 6) is 0.698. The molecule has 1 aliphatic rings. The molecular formula is C12H18N4O. The van der Waals surface area contributed by atoms with Crippen LogP contribution in [-0.4, -0.2) is 35.0 Å². The number of hydrogen-bond acceptors (Lipinski definition) is 4. The number of anilines is 1. The third kappa shape index (κ3) is 2.93. The Kier molecular flexibility index (Phi) is 3.56. The molecule has 1 saturated carbocycles. The molecule has 0 radical (unpaired) electrons. The molecule has 92 valence electrons. The predicted octanol–water partition coefficient (Wildman–Crippen LogP) is 1.21. The van der Waals surface area contributed by atoms with Crippen molar-refractivity contribution in [3.8, 4) is 0 Å². The van der Waals surface area contributed by atoms with Crippen molar-refractivity contribution in [2.24, 2.45) is 0 Å². The van der Waals surface area contributed by atoms with Crippen molar-refractivity contribution in [1.29, 1.82) is 0 Å². The molecule has 1 aromatic rings. The Labute approximate surface area is 101 Å². The molecule has 1 aliphatic carbocycles. The molecule has 1 heterocycles. The number of nitrogens with one attached hydrogen (secondary N) is 1. The van der Waals surface area contributed by atoms with Gasteiger partial charge in [0.15, 0.2) is 0 Å². The highest BCUT2D eigenvalue weighted by Crippen LogP contribution is 2.19. The third-order valence-electron chi connectivity index (χ3n) is 2.87. The molecule has 0 atom stereocenters. The second-order valence-corrected chi connectivity index (χ2v) is 4.18. The van der Waals surface area contributed by atoms with Gasteiger partial charge in [-0.05, 0) is 26.7 Å². The van der Waals surface area contributed by atoms with E-state index in [1.807, 2.05) is 0 Å². The van der Waals surface area contributed by atoms with Crippen LogP contribution < -0.4 is 10.2 Å². The molecule has 17 heavy (non-hydrogen) atoms. The highest BCUT2D eigenvalue weighted by atomic mass is 16.2. The zero-order chi connectivity index (χ0) is 12.3. The van der Waals surface area contributed by atoms with E-state index in [-0.39, 0.29) is 5.91 Å². The predicted molar refractivity (Wildman–Crippen MR) is 66.1 cm³/mol. The van der Waals surface area contributed by atoms with Gasteiger partial charge >= 0.3 is 0 Å². The summed E-state index contributed by atoms with van der Waals surface area (Å²) in [6, 6.07) is 0.353. The first-order chi connectivity index (χ1) is 8.24. The fourth-order valence-electron chi connectivity index (χ4n) is 1.64. The first-order valence-corrected chi connectivity index (χ1v) is 6.12. The van der Waals surface area contributed by atoms with E-state index >= 15 is 0 Å². The summed E-state index contributed by atoms with van der Waals surface area (Å²) in [5.41, 5.74) is 0.396. The highest BCUT2D eigenvalue weighted by molar-refractivity contribution is 5.92. The van der Waals surface area contributed by atoms with Crippen LogP contribution in [0, 0.1) is 0 Å². The molecule has 0 aromatic carbocycles. The van der Waals surface area contributed by atoms with E-state index < -0.39 is 0 Å². The van der Waals surface area contributed by atoms with Crippen LogP contribution in [0.5, 0.6) is 0 Å². The average Bonchev–Trinajstić information content (AvgIpc) is 3.15. The fraction of sp³-hybridized carbons (Fsp3) is 0.583. The molecule has 1 amide bonds. The minimum atomic E-state index is -0.119. The van der Waals surface area contributed by atoms with E-state index in [1.54, 1.807) is 12.4 Å². The van der Waals surface area contributed by atoms with Crippen molar-refractivity contribution in [1.82, 2.24) is 15.3 Å². The Hall–Kier alpha value is -1.65. The molecule has 5 heteroatoms. The molecule has 5 nitrogen and oxygen atoms in total. The Bertz CT molecular complexity index is 382. The van der Waals surface area contributed by atoms with Crippen molar-refractivity contribution >= 4 is 11.7 Å². The molecule has 1 aromatic heterocycles. The van der Waals surface area contributed by atoms with Crippen molar-refractivity contribution in [2.45, 2.75) is 32.7 Å². The van der Waals surface area contributed by atoms with Gasteiger partial charge in [0.25, 0.3) is 5.91 Å². The number of aromatic nitrogens is 2. The van der Waals surface area contributed by atoms with Crippen LogP contribution in [0.25, 0.3) is 0 Å². The Morgan fingerprint density at radius 1 is 1.35 bits per heavy atom. The molecule has 2 rings (SSSR count). The smallest absolute Gasteiger partial charge is 0.271 e. The summed E-state index contributed by atoms with van der Waals surface area (Å²) in [4.78, 5) is 22.2. The van der Waals surface area contributed by atoms with Crippen LogP contribution in [0.1, 0.15) is 37.2 Å². The maximum absolute atomic E-state index is 11.7. The number of nitrogens with zero attached hydrogens (tertiary/aromatic N) is 3. The van der Waals surface area contributed by atoms with Crippen molar-refractivity contribution in [3.63, 3.8) is 0 Å². The lowest BCUT2D eigenvalue weighted by molar-refractivity contribution is 0.0945. The molecule has 0 spiro atoms. The van der Waals surface area contributed by atoms with E-state index in [1.165, 1.54) is 0 Å². The fourth-order valence-corrected chi connectivity index (χ4v) is 1.64. The Balaban J connectivity index is 2.03. The van der Waals surface area contributed by atoms with Crippen LogP contribution in [-0.2, 0) is 0 Å². The normalized spacial score (nSPS) is 14.5. The summed E-state index contributed by atoms with van der Waals surface area (Å²) >= 11 is 0. The molecule has 0 unspecified atom stereocenters. The van der Waals surface area contributed by atoms with Gasteiger partial charge in [0.1, 0.15) is 11.5 Å². The maximum Gasteiger partial charge on any atom is 0.271 e. The Morgan fingerprint density at radius 2 is 2.06 bits per heavy atom. The number of carbonyl (C=O) groups excluding carboxylic acids is 1. The molecule has 1 N–H and O–H groups in total. The standard InChI is InChI=1S/C12H18N4O/c1-3-16(4-2)11-8-13-10(7-14-11)12(17)15-9-5-6-9/h7-9H,3-6H2,1-2H3,(H,15,17). The van der Waals surface area contributed by atoms with Gasteiger partial charge in [-0.25, -0.2) is 9.97 Å². The Morgan fingerprint density at radius 3 is 2.53 bits per heavy atom. The summed E-state index contributed by atoms with van der Waals surface area (Å²) in [6.07, 6.45) is 5.37. The zero-order valence-electron chi connectivity index (χ0n) is 10.3. The quantitative estimate of drug-likeness (QED) is 0.832. The van der Waals surface area contributed by atoms with Crippen LogP contribution in [0.2, 0.25) is 0 Å². The third-order valence-corrected chi connectivity index (χ3v) is 2.87. The molecule has 0 aliphatic heterocycles. The average molecular weight is 234 g/mol. The van der Waals surface area contributed by atoms with E-state index in [0.29, 0.717) is 11.7 Å². The lowest BCUT2D eigenvalue weighted by Gasteiger charge is -2.18. The summed E-state index contributed by atoms with van der Waals surface area (Å²) in [5, 5.41) is 2.89. The summed E-state index contributed by atoms with van der Waals surface area (Å²) in [6.45, 7) is 5.91. The van der Waals surface area contributed by atoms with Crippen LogP contribution in [0.4, 0.5) is 5.82 Å². The lowest BCUT2D eigenvalue weighted by atomic mass is 10.4. The van der Waals surface area contributed by atoms with Crippen molar-refractivity contribution in [3.05, 3.63) is 18.1 Å². The van der Waals surface area contributed by atoms with Crippen LogP contribution >= 0.6 is 0 Å². The summed E-state index contributed by atoms with van der Waals surface area (Å²) < 4.78 is 0. The van der Waals surface area contributed by atoms with Crippen LogP contribution in [0.3, 0.4) is 0 Å². The van der Waals surface area contributed by atoms with E-state index in [9.17, 15) is 4.79 Å². The minimum absolute atomic E-state index is 0.119. The van der Waals surface area contributed by atoms with E-state index in [0.717, 1.165) is 31.7 Å². The first kappa shape index (κ1) is 11.8. The van der Waals surface area contributed by atoms with Gasteiger partial charge in [0.2, 0.25) is 0 Å². The second-order valence-electron chi connectivity index (χ2n) is 4.18. The maximum atomic E-state index is 11.7. The van der Waals surface area contributed by atoms with Gasteiger partial charge in [-0.2, -0.15) is 0 Å². The van der Waals surface area contributed by atoms with Crippen LogP contribution in [0.15, 0.2) is 12.4 Å². The van der Waals surface area contributed by atoms with Gasteiger partial charge in [-0.3, -0.25) is 4.79 Å². The van der Waals surface area contributed by atoms with Crippen molar-refractivity contribution < 1.29 is 4.79 Å². The monoisotopic (exact) mass is 234 g/mol. The van der Waals surface area contributed by atoms with Gasteiger partial charge in [0.05, 0.1) is 12.4 Å². The first-order valence-electron chi connectivity index (χ1n) is 6.12. The largest absolute Gasteiger partial charge is 0.356 e. The van der Waals surface area contributed by atoms with Gasteiger partial charge in [0, 0.05) is 19.1 Å². The number of carbonyl (C=O) groups is 1. The minimum Gasteiger partial charge on any atom is -0.356 e. The lowest BCUT2D eigenvalue weighted by Crippen LogP contribution is -2.27. The molecule has 0 saturated heterocycles. The highest BCUT2D eigenvalue weighted by Gasteiger charge is 2.24. The topological polar surface area (TPSA) is 58.1 Å². The summed E-state index contributed by atoms with van der Waals surface area (Å²) in [7, 11) is 0. The van der Waals surface area contributed by atoms with Crippen molar-refractivity contribution in [2.75, 3.05) is 18.0 Å². The number of rotatable bonds is 5. The number of hydrogen-bond donors (Lipinski definition) is 1. The van der Waals surface area contributed by atoms with E-state index in [4.69, 9.17) is 0 Å². The second kappa shape index (κ2) is 5.12. The molecule has 1 fully saturated rings. The van der Waals surface area contributed by atoms with E-state index in [2.05, 4.69) is 34.0 Å².